The third-order valence-corrected chi connectivity index (χ3v) is 3.48. The van der Waals surface area contributed by atoms with Gasteiger partial charge >= 0.3 is 5.97 Å². The highest BCUT2D eigenvalue weighted by molar-refractivity contribution is 5.82. The van der Waals surface area contributed by atoms with Gasteiger partial charge in [0.2, 0.25) is 17.5 Å². The van der Waals surface area contributed by atoms with Crippen molar-refractivity contribution < 1.29 is 41.7 Å². The van der Waals surface area contributed by atoms with Gasteiger partial charge in [-0.1, -0.05) is 0 Å². The van der Waals surface area contributed by atoms with E-state index in [0.29, 0.717) is 0 Å². The lowest BCUT2D eigenvalue weighted by Gasteiger charge is -2.26. The van der Waals surface area contributed by atoms with Crippen molar-refractivity contribution >= 4 is 11.9 Å². The summed E-state index contributed by atoms with van der Waals surface area (Å²) in [6, 6.07) is -2.30. The topological polar surface area (TPSA) is 111 Å². The van der Waals surface area contributed by atoms with Crippen molar-refractivity contribution in [1.29, 1.82) is 0 Å². The molecule has 4 N–H and O–H groups in total. The number of carbonyl (C=O) groups excluding carboxylic acids is 2. The lowest BCUT2D eigenvalue weighted by Crippen LogP contribution is -2.51. The molecule has 1 aromatic rings. The minimum absolute atomic E-state index is 0.00211. The van der Waals surface area contributed by atoms with Crippen LogP contribution in [0, 0.1) is 23.3 Å². The van der Waals surface area contributed by atoms with Crippen LogP contribution in [0.3, 0.4) is 0 Å². The van der Waals surface area contributed by atoms with E-state index in [1.165, 1.54) is 6.92 Å². The first-order valence-corrected chi connectivity index (χ1v) is 8.64. The number of carbonyl (C=O) groups is 2. The molecular formula is C18H24F4N2O5. The smallest absolute Gasteiger partial charge is 0.308 e. The molecule has 11 heteroatoms. The molecule has 1 amide bonds. The van der Waals surface area contributed by atoms with Crippen molar-refractivity contribution in [3.8, 4) is 5.75 Å². The third-order valence-electron chi connectivity index (χ3n) is 3.48. The molecule has 164 valence electrons. The van der Waals surface area contributed by atoms with E-state index in [-0.39, 0.29) is 6.07 Å². The first-order chi connectivity index (χ1) is 13.2. The maximum atomic E-state index is 13.7. The number of hydrogen-bond donors (Lipinski definition) is 3. The highest BCUT2D eigenvalue weighted by Gasteiger charge is 2.29. The number of nitrogens with two attached hydrogens (primary N) is 1. The Morgan fingerprint density at radius 3 is 2.14 bits per heavy atom. The fourth-order valence-corrected chi connectivity index (χ4v) is 2.12. The standard InChI is InChI=1S/C18H24F4N2O5/c1-8(23)17(27)24-11(6-13(26)29-18(2,3)4)12(25)7-28-16-14(21)9(19)5-10(20)15(16)22/h5,8,11-12,25H,6-7,23H2,1-4H3,(H,24,27)/t8-,11+,12?/m0/s1. The molecule has 0 aliphatic rings. The first kappa shape index (κ1) is 24.6. The summed E-state index contributed by atoms with van der Waals surface area (Å²) < 4.78 is 63.6. The molecule has 29 heavy (non-hydrogen) atoms. The van der Waals surface area contributed by atoms with Gasteiger partial charge in [0.25, 0.3) is 0 Å². The maximum Gasteiger partial charge on any atom is 0.308 e. The molecule has 0 aliphatic carbocycles. The Bertz CT molecular complexity index is 726. The van der Waals surface area contributed by atoms with Crippen LogP contribution in [0.1, 0.15) is 34.1 Å². The van der Waals surface area contributed by atoms with Gasteiger partial charge in [0.15, 0.2) is 17.4 Å². The zero-order chi connectivity index (χ0) is 22.5. The zero-order valence-corrected chi connectivity index (χ0v) is 16.4. The van der Waals surface area contributed by atoms with Crippen LogP contribution in [0.15, 0.2) is 6.07 Å². The Kier molecular flexibility index (Phi) is 8.39. The number of esters is 1. The molecule has 0 aromatic heterocycles. The average molecular weight is 424 g/mol. The van der Waals surface area contributed by atoms with Crippen LogP contribution in [0.5, 0.6) is 5.75 Å². The molecule has 1 unspecified atom stereocenters. The molecule has 0 aliphatic heterocycles. The molecule has 3 atom stereocenters. The number of benzene rings is 1. The summed E-state index contributed by atoms with van der Waals surface area (Å²) in [5, 5.41) is 12.5. The van der Waals surface area contributed by atoms with Crippen LogP contribution in [-0.2, 0) is 14.3 Å². The van der Waals surface area contributed by atoms with Crippen LogP contribution >= 0.6 is 0 Å². The molecule has 0 heterocycles. The Hall–Kier alpha value is -2.40. The Morgan fingerprint density at radius 2 is 1.69 bits per heavy atom. The van der Waals surface area contributed by atoms with E-state index in [0.717, 1.165) is 0 Å². The summed E-state index contributed by atoms with van der Waals surface area (Å²) in [5.41, 5.74) is 4.58. The van der Waals surface area contributed by atoms with Crippen LogP contribution in [0.25, 0.3) is 0 Å². The van der Waals surface area contributed by atoms with Crippen molar-refractivity contribution in [2.75, 3.05) is 6.61 Å². The lowest BCUT2D eigenvalue weighted by molar-refractivity contribution is -0.156. The number of rotatable bonds is 8. The van der Waals surface area contributed by atoms with Crippen molar-refractivity contribution in [3.05, 3.63) is 29.3 Å². The fourth-order valence-electron chi connectivity index (χ4n) is 2.12. The van der Waals surface area contributed by atoms with Gasteiger partial charge in [-0.05, 0) is 27.7 Å². The van der Waals surface area contributed by atoms with Gasteiger partial charge in [0, 0.05) is 6.07 Å². The van der Waals surface area contributed by atoms with E-state index in [9.17, 15) is 32.3 Å². The molecule has 0 fully saturated rings. The summed E-state index contributed by atoms with van der Waals surface area (Å²) in [7, 11) is 0. The van der Waals surface area contributed by atoms with E-state index in [1.54, 1.807) is 20.8 Å². The van der Waals surface area contributed by atoms with E-state index in [1.807, 2.05) is 0 Å². The second kappa shape index (κ2) is 9.88. The monoisotopic (exact) mass is 424 g/mol. The first-order valence-electron chi connectivity index (χ1n) is 8.64. The second-order valence-electron chi connectivity index (χ2n) is 7.37. The number of halogens is 4. The van der Waals surface area contributed by atoms with Crippen LogP contribution < -0.4 is 15.8 Å². The summed E-state index contributed by atoms with van der Waals surface area (Å²) in [6.45, 7) is 5.25. The maximum absolute atomic E-state index is 13.7. The normalized spacial score (nSPS) is 14.7. The van der Waals surface area contributed by atoms with E-state index >= 15 is 0 Å². The average Bonchev–Trinajstić information content (AvgIpc) is 2.57. The number of aliphatic hydroxyl groups excluding tert-OH is 1. The number of ether oxygens (including phenoxy) is 2. The van der Waals surface area contributed by atoms with Gasteiger partial charge in [0.05, 0.1) is 18.5 Å². The predicted molar refractivity (Wildman–Crippen MR) is 93.8 cm³/mol. The molecule has 0 bridgehead atoms. The minimum atomic E-state index is -1.79. The van der Waals surface area contributed by atoms with Crippen molar-refractivity contribution in [2.24, 2.45) is 5.73 Å². The molecule has 1 rings (SSSR count). The molecule has 0 saturated carbocycles. The number of amides is 1. The third kappa shape index (κ3) is 7.50. The van der Waals surface area contributed by atoms with Gasteiger partial charge in [-0.2, -0.15) is 8.78 Å². The van der Waals surface area contributed by atoms with Crippen molar-refractivity contribution in [3.63, 3.8) is 0 Å². The van der Waals surface area contributed by atoms with Crippen LogP contribution in [-0.4, -0.2) is 47.4 Å². The quantitative estimate of drug-likeness (QED) is 0.332. The largest absolute Gasteiger partial charge is 0.485 e. The zero-order valence-electron chi connectivity index (χ0n) is 16.4. The Morgan fingerprint density at radius 1 is 1.17 bits per heavy atom. The number of aliphatic hydroxyl groups is 1. The SMILES string of the molecule is C[C@H](N)C(=O)N[C@H](CC(=O)OC(C)(C)C)C(O)COc1c(F)c(F)cc(F)c1F. The van der Waals surface area contributed by atoms with Crippen LogP contribution in [0.2, 0.25) is 0 Å². The molecule has 0 saturated heterocycles. The van der Waals surface area contributed by atoms with Gasteiger partial charge < -0.3 is 25.6 Å². The van der Waals surface area contributed by atoms with Crippen molar-refractivity contribution in [1.82, 2.24) is 5.32 Å². The minimum Gasteiger partial charge on any atom is -0.485 e. The van der Waals surface area contributed by atoms with Gasteiger partial charge in [-0.15, -0.1) is 0 Å². The van der Waals surface area contributed by atoms with Gasteiger partial charge in [-0.25, -0.2) is 8.78 Å². The van der Waals surface area contributed by atoms with E-state index in [2.05, 4.69) is 10.1 Å². The lowest BCUT2D eigenvalue weighted by atomic mass is 10.1. The van der Waals surface area contributed by atoms with Crippen molar-refractivity contribution in [2.45, 2.75) is 57.9 Å². The molecule has 0 radical (unpaired) electrons. The molecule has 7 nitrogen and oxygen atoms in total. The van der Waals surface area contributed by atoms with Gasteiger partial charge in [0.1, 0.15) is 18.3 Å². The molecule has 0 spiro atoms. The summed E-state index contributed by atoms with van der Waals surface area (Å²) in [6.07, 6.45) is -2.22. The summed E-state index contributed by atoms with van der Waals surface area (Å²) in [4.78, 5) is 23.9. The summed E-state index contributed by atoms with van der Waals surface area (Å²) in [5.74, 6) is -9.87. The molecular weight excluding hydrogens is 400 g/mol. The van der Waals surface area contributed by atoms with E-state index in [4.69, 9.17) is 10.5 Å². The number of hydrogen-bond acceptors (Lipinski definition) is 6. The Balaban J connectivity index is 2.95. The Labute approximate surface area is 165 Å². The van der Waals surface area contributed by atoms with Crippen LogP contribution in [0.4, 0.5) is 17.6 Å². The molecule has 1 aromatic carbocycles. The number of nitrogens with one attached hydrogen (secondary N) is 1. The van der Waals surface area contributed by atoms with Gasteiger partial charge in [-0.3, -0.25) is 9.59 Å². The second-order valence-corrected chi connectivity index (χ2v) is 7.37. The van der Waals surface area contributed by atoms with E-state index < -0.39 is 77.7 Å². The summed E-state index contributed by atoms with van der Waals surface area (Å²) >= 11 is 0. The highest BCUT2D eigenvalue weighted by atomic mass is 19.2. The highest BCUT2D eigenvalue weighted by Crippen LogP contribution is 2.26. The predicted octanol–water partition coefficient (Wildman–Crippen LogP) is 1.55. The fraction of sp³-hybridized carbons (Fsp3) is 0.556.